The summed E-state index contributed by atoms with van der Waals surface area (Å²) in [5.41, 5.74) is 0. The van der Waals surface area contributed by atoms with E-state index in [1.807, 2.05) is 0 Å². The lowest BCUT2D eigenvalue weighted by atomic mass is 9.90. The van der Waals surface area contributed by atoms with Crippen LogP contribution in [0.5, 0.6) is 0 Å². The van der Waals surface area contributed by atoms with Gasteiger partial charge < -0.3 is 38.6 Å². The van der Waals surface area contributed by atoms with Crippen molar-refractivity contribution in [3.05, 3.63) is 0 Å². The van der Waals surface area contributed by atoms with E-state index in [0.717, 1.165) is 34.6 Å². The minimum Gasteiger partial charge on any atom is -0.477 e. The highest BCUT2D eigenvalue weighted by atomic mass is 16.7. The first kappa shape index (κ1) is 27.8. The summed E-state index contributed by atoms with van der Waals surface area (Å²) in [6, 6.07) is 0. The van der Waals surface area contributed by atoms with E-state index in [1.54, 1.807) is 0 Å². The maximum absolute atomic E-state index is 11.8. The number of carbonyl (C=O) groups is 6. The van der Waals surface area contributed by atoms with Crippen LogP contribution in [0.1, 0.15) is 41.0 Å². The van der Waals surface area contributed by atoms with Gasteiger partial charge in [0.25, 0.3) is 5.79 Å². The van der Waals surface area contributed by atoms with Crippen LogP contribution < -0.4 is 0 Å². The van der Waals surface area contributed by atoms with Gasteiger partial charge in [-0.15, -0.1) is 0 Å². The lowest BCUT2D eigenvalue weighted by Gasteiger charge is -2.45. The molecule has 1 aliphatic rings. The molecule has 1 heterocycles. The van der Waals surface area contributed by atoms with E-state index in [4.69, 9.17) is 28.4 Å². The Morgan fingerprint density at radius 2 is 1.42 bits per heavy atom. The van der Waals surface area contributed by atoms with E-state index in [0.29, 0.717) is 0 Å². The van der Waals surface area contributed by atoms with Crippen molar-refractivity contribution in [1.82, 2.24) is 0 Å². The number of carboxylic acid groups (broad SMARTS) is 1. The molecule has 0 aromatic rings. The molecule has 0 amide bonds. The SMILES string of the molecule is CC(=O)OC[C@H](OC(C)=O)[C@@H](OC(C)=O)[C@@H]1O[C@](O)(C(=O)O)C[C@H](OC(C)=O)[C@H]1OC(C)=O. The van der Waals surface area contributed by atoms with Crippen molar-refractivity contribution in [2.75, 3.05) is 6.61 Å². The number of aliphatic carboxylic acids is 1. The van der Waals surface area contributed by atoms with Gasteiger partial charge in [0.05, 0.1) is 6.42 Å². The molecule has 0 bridgehead atoms. The molecule has 186 valence electrons. The van der Waals surface area contributed by atoms with Gasteiger partial charge in [-0.2, -0.15) is 0 Å². The average molecular weight is 478 g/mol. The van der Waals surface area contributed by atoms with Crippen LogP contribution in [0.2, 0.25) is 0 Å². The van der Waals surface area contributed by atoms with Crippen LogP contribution in [-0.4, -0.2) is 88.9 Å². The third-order valence-electron chi connectivity index (χ3n) is 4.21. The van der Waals surface area contributed by atoms with Gasteiger partial charge in [0.15, 0.2) is 18.3 Å². The van der Waals surface area contributed by atoms with E-state index in [-0.39, 0.29) is 0 Å². The second kappa shape index (κ2) is 11.6. The van der Waals surface area contributed by atoms with Crippen LogP contribution in [-0.2, 0) is 57.2 Å². The van der Waals surface area contributed by atoms with E-state index in [2.05, 4.69) is 0 Å². The Morgan fingerprint density at radius 3 is 1.85 bits per heavy atom. The predicted molar refractivity (Wildman–Crippen MR) is 101 cm³/mol. The monoisotopic (exact) mass is 478 g/mol. The molecule has 2 N–H and O–H groups in total. The van der Waals surface area contributed by atoms with Gasteiger partial charge in [-0.25, -0.2) is 4.79 Å². The first-order valence-corrected chi connectivity index (χ1v) is 9.62. The third-order valence-corrected chi connectivity index (χ3v) is 4.21. The lowest BCUT2D eigenvalue weighted by molar-refractivity contribution is -0.316. The fourth-order valence-electron chi connectivity index (χ4n) is 3.14. The Bertz CT molecular complexity index is 791. The summed E-state index contributed by atoms with van der Waals surface area (Å²) >= 11 is 0. The molecule has 0 aromatic carbocycles. The van der Waals surface area contributed by atoms with Crippen molar-refractivity contribution in [2.45, 2.75) is 77.3 Å². The quantitative estimate of drug-likeness (QED) is 0.297. The van der Waals surface area contributed by atoms with Crippen LogP contribution in [0.15, 0.2) is 0 Å². The molecule has 1 saturated heterocycles. The van der Waals surface area contributed by atoms with Gasteiger partial charge in [0.2, 0.25) is 0 Å². The third kappa shape index (κ3) is 8.31. The Kier molecular flexibility index (Phi) is 9.73. The number of hydrogen-bond acceptors (Lipinski definition) is 13. The van der Waals surface area contributed by atoms with Crippen LogP contribution in [0.3, 0.4) is 0 Å². The maximum Gasteiger partial charge on any atom is 0.364 e. The Labute approximate surface area is 188 Å². The molecule has 1 fully saturated rings. The average Bonchev–Trinajstić information content (AvgIpc) is 2.64. The first-order valence-electron chi connectivity index (χ1n) is 9.62. The predicted octanol–water partition coefficient (Wildman–Crippen LogP) is -1.16. The van der Waals surface area contributed by atoms with Crippen LogP contribution in [0.25, 0.3) is 0 Å². The minimum absolute atomic E-state index is 0.677. The van der Waals surface area contributed by atoms with Crippen LogP contribution in [0, 0.1) is 0 Å². The molecule has 6 atom stereocenters. The van der Waals surface area contributed by atoms with E-state index >= 15 is 0 Å². The summed E-state index contributed by atoms with van der Waals surface area (Å²) in [5.74, 6) is -9.38. The highest BCUT2D eigenvalue weighted by Gasteiger charge is 2.58. The number of carbonyl (C=O) groups excluding carboxylic acids is 5. The van der Waals surface area contributed by atoms with Gasteiger partial charge in [0.1, 0.15) is 18.8 Å². The van der Waals surface area contributed by atoms with Crippen molar-refractivity contribution in [3.63, 3.8) is 0 Å². The second-order valence-corrected chi connectivity index (χ2v) is 7.12. The largest absolute Gasteiger partial charge is 0.477 e. The van der Waals surface area contributed by atoms with Crippen molar-refractivity contribution < 1.29 is 67.4 Å². The Balaban J connectivity index is 3.60. The van der Waals surface area contributed by atoms with Crippen LogP contribution >= 0.6 is 0 Å². The zero-order valence-corrected chi connectivity index (χ0v) is 18.6. The van der Waals surface area contributed by atoms with E-state index in [9.17, 15) is 39.0 Å². The van der Waals surface area contributed by atoms with E-state index < -0.39 is 85.2 Å². The van der Waals surface area contributed by atoms with Gasteiger partial charge in [-0.05, 0) is 0 Å². The van der Waals surface area contributed by atoms with E-state index in [1.165, 1.54) is 0 Å². The molecule has 33 heavy (non-hydrogen) atoms. The number of rotatable bonds is 9. The van der Waals surface area contributed by atoms with Gasteiger partial charge in [0, 0.05) is 34.6 Å². The number of hydrogen-bond donors (Lipinski definition) is 2. The standard InChI is InChI=1S/C19H26O14/c1-8(20)28-7-14(30-10(3)22)16(32-12(5)24)17-15(31-11(4)23)13(29-9(2)21)6-19(27,33-17)18(25)26/h13-17,27H,6-7H2,1-5H3,(H,25,26)/t13-,14-,15+,16+,17+,19-/m0/s1. The summed E-state index contributed by atoms with van der Waals surface area (Å²) < 4.78 is 30.5. The van der Waals surface area contributed by atoms with Crippen molar-refractivity contribution in [1.29, 1.82) is 0 Å². The second-order valence-electron chi connectivity index (χ2n) is 7.12. The fourth-order valence-corrected chi connectivity index (χ4v) is 3.14. The van der Waals surface area contributed by atoms with Crippen molar-refractivity contribution in [2.24, 2.45) is 0 Å². The van der Waals surface area contributed by atoms with Gasteiger partial charge in [-0.1, -0.05) is 0 Å². The smallest absolute Gasteiger partial charge is 0.364 e. The number of ether oxygens (including phenoxy) is 6. The lowest BCUT2D eigenvalue weighted by Crippen LogP contribution is -2.65. The zero-order valence-electron chi connectivity index (χ0n) is 18.6. The molecular weight excluding hydrogens is 452 g/mol. The number of aliphatic hydroxyl groups is 1. The molecule has 0 saturated carbocycles. The molecule has 0 spiro atoms. The molecule has 0 unspecified atom stereocenters. The topological polar surface area (TPSA) is 198 Å². The Hall–Kier alpha value is -3.26. The molecular formula is C19H26O14. The molecule has 0 radical (unpaired) electrons. The molecule has 1 rings (SSSR count). The summed E-state index contributed by atoms with van der Waals surface area (Å²) in [6.07, 6.45) is -9.27. The molecule has 14 nitrogen and oxygen atoms in total. The van der Waals surface area contributed by atoms with Gasteiger partial charge in [-0.3, -0.25) is 24.0 Å². The Morgan fingerprint density at radius 1 is 0.879 bits per heavy atom. The summed E-state index contributed by atoms with van der Waals surface area (Å²) in [6.45, 7) is 4.30. The summed E-state index contributed by atoms with van der Waals surface area (Å²) in [7, 11) is 0. The molecule has 14 heteroatoms. The summed E-state index contributed by atoms with van der Waals surface area (Å²) in [4.78, 5) is 69.8. The highest BCUT2D eigenvalue weighted by Crippen LogP contribution is 2.35. The van der Waals surface area contributed by atoms with Gasteiger partial charge >= 0.3 is 35.8 Å². The molecule has 1 aliphatic heterocycles. The van der Waals surface area contributed by atoms with Crippen molar-refractivity contribution in [3.8, 4) is 0 Å². The molecule has 0 aromatic heterocycles. The normalized spacial score (nSPS) is 26.2. The van der Waals surface area contributed by atoms with Crippen LogP contribution in [0.4, 0.5) is 0 Å². The minimum atomic E-state index is -2.98. The molecule has 0 aliphatic carbocycles. The number of carboxylic acids is 1. The zero-order chi connectivity index (χ0) is 25.5. The number of esters is 5. The maximum atomic E-state index is 11.8. The highest BCUT2D eigenvalue weighted by molar-refractivity contribution is 5.76. The summed E-state index contributed by atoms with van der Waals surface area (Å²) in [5, 5.41) is 20.0. The van der Waals surface area contributed by atoms with Crippen molar-refractivity contribution >= 4 is 35.8 Å². The first-order chi connectivity index (χ1) is 15.2. The fraction of sp³-hybridized carbons (Fsp3) is 0.684.